The van der Waals surface area contributed by atoms with E-state index in [-0.39, 0.29) is 5.91 Å². The van der Waals surface area contributed by atoms with Crippen LogP contribution in [0.5, 0.6) is 0 Å². The lowest BCUT2D eigenvalue weighted by Gasteiger charge is -2.07. The predicted octanol–water partition coefficient (Wildman–Crippen LogP) is 4.49. The molecule has 0 aliphatic carbocycles. The molecule has 28 heavy (non-hydrogen) atoms. The molecule has 4 rings (SSSR count). The molecule has 140 valence electrons. The summed E-state index contributed by atoms with van der Waals surface area (Å²) in [5, 5.41) is 6.85. The van der Waals surface area contributed by atoms with Crippen LogP contribution in [-0.2, 0) is 11.2 Å². The van der Waals surface area contributed by atoms with Crippen LogP contribution in [0.1, 0.15) is 18.4 Å². The Balaban J connectivity index is 1.29. The third-order valence-electron chi connectivity index (χ3n) is 4.48. The van der Waals surface area contributed by atoms with Crippen molar-refractivity contribution in [1.29, 1.82) is 0 Å². The highest BCUT2D eigenvalue weighted by Crippen LogP contribution is 2.24. The van der Waals surface area contributed by atoms with Crippen molar-refractivity contribution >= 4 is 11.6 Å². The molecule has 1 amide bonds. The molecule has 0 unspecified atom stereocenters. The first kappa shape index (κ1) is 17.7. The molecule has 0 saturated heterocycles. The molecule has 0 saturated carbocycles. The number of imidazole rings is 1. The first-order valence-corrected chi connectivity index (χ1v) is 9.17. The third-order valence-corrected chi connectivity index (χ3v) is 4.48. The maximum Gasteiger partial charge on any atom is 0.224 e. The maximum absolute atomic E-state index is 12.2. The molecule has 0 spiro atoms. The molecule has 0 atom stereocenters. The first-order chi connectivity index (χ1) is 13.8. The summed E-state index contributed by atoms with van der Waals surface area (Å²) >= 11 is 0. The van der Waals surface area contributed by atoms with Gasteiger partial charge >= 0.3 is 0 Å². The van der Waals surface area contributed by atoms with Crippen LogP contribution >= 0.6 is 0 Å². The minimum atomic E-state index is -0.00639. The van der Waals surface area contributed by atoms with Crippen molar-refractivity contribution in [3.63, 3.8) is 0 Å². The standard InChI is InChI=1S/C22H20N4O2/c27-21(25-19-9-11-20(12-10-19)26-14-13-23-16-26)8-4-7-18-15-24-28-22(18)17-5-2-1-3-6-17/h1-3,5-6,9-16H,4,7-8H2,(H,25,27). The Bertz CT molecular complexity index is 1020. The molecule has 6 nitrogen and oxygen atoms in total. The fraction of sp³-hybridized carbons (Fsp3) is 0.136. The zero-order chi connectivity index (χ0) is 19.2. The number of aromatic nitrogens is 3. The van der Waals surface area contributed by atoms with E-state index in [1.165, 1.54) is 0 Å². The van der Waals surface area contributed by atoms with Gasteiger partial charge in [0.25, 0.3) is 0 Å². The molecule has 0 aliphatic heterocycles. The largest absolute Gasteiger partial charge is 0.356 e. The summed E-state index contributed by atoms with van der Waals surface area (Å²) in [7, 11) is 0. The molecular weight excluding hydrogens is 352 g/mol. The highest BCUT2D eigenvalue weighted by molar-refractivity contribution is 5.90. The molecular formula is C22H20N4O2. The first-order valence-electron chi connectivity index (χ1n) is 9.17. The van der Waals surface area contributed by atoms with E-state index < -0.39 is 0 Å². The summed E-state index contributed by atoms with van der Waals surface area (Å²) in [5.74, 6) is 0.768. The number of anilines is 1. The second-order valence-corrected chi connectivity index (χ2v) is 6.46. The predicted molar refractivity (Wildman–Crippen MR) is 107 cm³/mol. The van der Waals surface area contributed by atoms with Crippen LogP contribution < -0.4 is 5.32 Å². The number of hydrogen-bond acceptors (Lipinski definition) is 4. The number of rotatable bonds is 7. The molecule has 0 aliphatic rings. The Morgan fingerprint density at radius 3 is 2.64 bits per heavy atom. The van der Waals surface area contributed by atoms with Crippen molar-refractivity contribution < 1.29 is 9.32 Å². The Morgan fingerprint density at radius 2 is 1.89 bits per heavy atom. The number of benzene rings is 2. The van der Waals surface area contributed by atoms with Crippen LogP contribution in [0.3, 0.4) is 0 Å². The van der Waals surface area contributed by atoms with E-state index in [1.807, 2.05) is 65.4 Å². The van der Waals surface area contributed by atoms with Crippen LogP contribution in [0.25, 0.3) is 17.0 Å². The molecule has 0 fully saturated rings. The Hall–Kier alpha value is -3.67. The second-order valence-electron chi connectivity index (χ2n) is 6.46. The number of aryl methyl sites for hydroxylation is 1. The SMILES string of the molecule is O=C(CCCc1cnoc1-c1ccccc1)Nc1ccc(-n2ccnc2)cc1. The van der Waals surface area contributed by atoms with Gasteiger partial charge in [0, 0.05) is 41.3 Å². The Kier molecular flexibility index (Phi) is 5.29. The van der Waals surface area contributed by atoms with E-state index in [4.69, 9.17) is 4.52 Å². The summed E-state index contributed by atoms with van der Waals surface area (Å²) in [5.41, 5.74) is 3.79. The molecule has 2 aromatic heterocycles. The lowest BCUT2D eigenvalue weighted by atomic mass is 10.0. The number of amides is 1. The van der Waals surface area contributed by atoms with Crippen LogP contribution in [0.15, 0.2) is 84.0 Å². The quantitative estimate of drug-likeness (QED) is 0.519. The summed E-state index contributed by atoms with van der Waals surface area (Å²) in [6.07, 6.45) is 8.97. The molecule has 0 bridgehead atoms. The molecule has 4 aromatic rings. The van der Waals surface area contributed by atoms with E-state index in [2.05, 4.69) is 15.5 Å². The summed E-state index contributed by atoms with van der Waals surface area (Å²) in [4.78, 5) is 16.3. The Labute approximate surface area is 162 Å². The van der Waals surface area contributed by atoms with E-state index in [1.54, 1.807) is 18.7 Å². The normalized spacial score (nSPS) is 10.7. The number of carbonyl (C=O) groups excluding carboxylic acids is 1. The van der Waals surface area contributed by atoms with Crippen LogP contribution in [-0.4, -0.2) is 20.6 Å². The zero-order valence-corrected chi connectivity index (χ0v) is 15.3. The van der Waals surface area contributed by atoms with Crippen molar-refractivity contribution in [1.82, 2.24) is 14.7 Å². The van der Waals surface area contributed by atoms with E-state index >= 15 is 0 Å². The lowest BCUT2D eigenvalue weighted by Crippen LogP contribution is -2.11. The van der Waals surface area contributed by atoms with Crippen LogP contribution in [0.4, 0.5) is 5.69 Å². The van der Waals surface area contributed by atoms with Crippen LogP contribution in [0.2, 0.25) is 0 Å². The van der Waals surface area contributed by atoms with Gasteiger partial charge in [0.1, 0.15) is 0 Å². The zero-order valence-electron chi connectivity index (χ0n) is 15.3. The number of nitrogens with zero attached hydrogens (tertiary/aromatic N) is 3. The lowest BCUT2D eigenvalue weighted by molar-refractivity contribution is -0.116. The molecule has 2 aromatic carbocycles. The topological polar surface area (TPSA) is 73.0 Å². The monoisotopic (exact) mass is 372 g/mol. The van der Waals surface area contributed by atoms with Gasteiger partial charge in [-0.15, -0.1) is 0 Å². The van der Waals surface area contributed by atoms with Gasteiger partial charge < -0.3 is 14.4 Å². The Morgan fingerprint density at radius 1 is 1.07 bits per heavy atom. The van der Waals surface area contributed by atoms with E-state index in [0.29, 0.717) is 6.42 Å². The van der Waals surface area contributed by atoms with Gasteiger partial charge in [-0.05, 0) is 37.1 Å². The summed E-state index contributed by atoms with van der Waals surface area (Å²) < 4.78 is 7.30. The average molecular weight is 372 g/mol. The highest BCUT2D eigenvalue weighted by atomic mass is 16.5. The van der Waals surface area contributed by atoms with Gasteiger partial charge in [-0.2, -0.15) is 0 Å². The van der Waals surface area contributed by atoms with Gasteiger partial charge in [0.05, 0.1) is 12.5 Å². The fourth-order valence-corrected chi connectivity index (χ4v) is 3.06. The third kappa shape index (κ3) is 4.17. The van der Waals surface area contributed by atoms with Gasteiger partial charge in [-0.3, -0.25) is 4.79 Å². The minimum Gasteiger partial charge on any atom is -0.356 e. The summed E-state index contributed by atoms with van der Waals surface area (Å²) in [6, 6.07) is 17.5. The average Bonchev–Trinajstić information content (AvgIpc) is 3.41. The molecule has 0 radical (unpaired) electrons. The van der Waals surface area contributed by atoms with Gasteiger partial charge in [-0.25, -0.2) is 4.98 Å². The number of carbonyl (C=O) groups is 1. The van der Waals surface area contributed by atoms with Gasteiger partial charge in [0.2, 0.25) is 5.91 Å². The van der Waals surface area contributed by atoms with Crippen molar-refractivity contribution in [3.8, 4) is 17.0 Å². The molecule has 6 heteroatoms. The van der Waals surface area contributed by atoms with Crippen LogP contribution in [0, 0.1) is 0 Å². The molecule has 2 heterocycles. The molecule has 1 N–H and O–H groups in total. The van der Waals surface area contributed by atoms with E-state index in [9.17, 15) is 4.79 Å². The van der Waals surface area contributed by atoms with E-state index in [0.717, 1.165) is 41.1 Å². The summed E-state index contributed by atoms with van der Waals surface area (Å²) in [6.45, 7) is 0. The van der Waals surface area contributed by atoms with Crippen molar-refractivity contribution in [2.24, 2.45) is 0 Å². The highest BCUT2D eigenvalue weighted by Gasteiger charge is 2.11. The van der Waals surface area contributed by atoms with Gasteiger partial charge in [0.15, 0.2) is 5.76 Å². The number of nitrogens with one attached hydrogen (secondary N) is 1. The second kappa shape index (κ2) is 8.35. The van der Waals surface area contributed by atoms with Crippen molar-refractivity contribution in [2.45, 2.75) is 19.3 Å². The maximum atomic E-state index is 12.2. The van der Waals surface area contributed by atoms with Crippen molar-refractivity contribution in [3.05, 3.63) is 85.1 Å². The fourth-order valence-electron chi connectivity index (χ4n) is 3.06. The number of hydrogen-bond donors (Lipinski definition) is 1. The van der Waals surface area contributed by atoms with Gasteiger partial charge in [-0.1, -0.05) is 35.5 Å². The minimum absolute atomic E-state index is 0.00639. The van der Waals surface area contributed by atoms with Crippen molar-refractivity contribution in [2.75, 3.05) is 5.32 Å². The smallest absolute Gasteiger partial charge is 0.224 e.